The number of esters is 3. The summed E-state index contributed by atoms with van der Waals surface area (Å²) in [6.07, 6.45) is -6.60. The predicted molar refractivity (Wildman–Crippen MR) is 141 cm³/mol. The molecule has 0 unspecified atom stereocenters. The lowest BCUT2D eigenvalue weighted by molar-refractivity contribution is -0.294. The van der Waals surface area contributed by atoms with E-state index in [-0.39, 0.29) is 11.6 Å². The molecular weight excluding hydrogens is 508 g/mol. The third-order valence-electron chi connectivity index (χ3n) is 6.40. The maximum absolute atomic E-state index is 12.1. The molecule has 1 heterocycles. The summed E-state index contributed by atoms with van der Waals surface area (Å²) < 4.78 is 28.9. The molecule has 0 aromatic heterocycles. The third kappa shape index (κ3) is 6.50. The van der Waals surface area contributed by atoms with Crippen molar-refractivity contribution in [3.8, 4) is 0 Å². The van der Waals surface area contributed by atoms with Crippen LogP contribution in [-0.4, -0.2) is 68.6 Å². The van der Waals surface area contributed by atoms with Gasteiger partial charge in [-0.1, -0.05) is 81.4 Å². The Balaban J connectivity index is 2.06. The molecule has 1 saturated heterocycles. The summed E-state index contributed by atoms with van der Waals surface area (Å²) in [5, 5.41) is 12.5. The molecule has 1 fully saturated rings. The molecule has 206 valence electrons. The second-order valence-electron chi connectivity index (χ2n) is 10.3. The fraction of sp³-hybridized carbons (Fsp3) is 0.464. The van der Waals surface area contributed by atoms with Gasteiger partial charge >= 0.3 is 17.9 Å². The first-order valence-electron chi connectivity index (χ1n) is 12.5. The molecule has 0 aliphatic carbocycles. The van der Waals surface area contributed by atoms with Crippen LogP contribution in [0.2, 0.25) is 5.04 Å². The fourth-order valence-corrected chi connectivity index (χ4v) is 9.54. The molecule has 0 radical (unpaired) electrons. The second kappa shape index (κ2) is 12.2. The molecular formula is C28H36O9Si. The maximum atomic E-state index is 12.1. The molecule has 0 amide bonds. The number of benzene rings is 2. The van der Waals surface area contributed by atoms with Crippen LogP contribution in [0.3, 0.4) is 0 Å². The zero-order valence-corrected chi connectivity index (χ0v) is 23.6. The van der Waals surface area contributed by atoms with Gasteiger partial charge in [-0.25, -0.2) is 0 Å². The smallest absolute Gasteiger partial charge is 0.303 e. The number of carbonyl (C=O) groups is 3. The first kappa shape index (κ1) is 29.5. The van der Waals surface area contributed by atoms with Crippen LogP contribution in [-0.2, 0) is 37.8 Å². The van der Waals surface area contributed by atoms with Gasteiger partial charge in [0.25, 0.3) is 8.32 Å². The Labute approximate surface area is 224 Å². The number of carbonyl (C=O) groups excluding carboxylic acids is 3. The largest absolute Gasteiger partial charge is 0.456 e. The van der Waals surface area contributed by atoms with Gasteiger partial charge in [-0.3, -0.25) is 14.4 Å². The van der Waals surface area contributed by atoms with E-state index < -0.39 is 56.9 Å². The van der Waals surface area contributed by atoms with E-state index in [1.807, 2.05) is 60.7 Å². The minimum absolute atomic E-state index is 0.104. The van der Waals surface area contributed by atoms with Crippen molar-refractivity contribution >= 4 is 36.6 Å². The van der Waals surface area contributed by atoms with E-state index in [1.165, 1.54) is 13.8 Å². The number of aliphatic hydroxyl groups is 1. The Hall–Kier alpha value is -3.05. The van der Waals surface area contributed by atoms with E-state index >= 15 is 0 Å². The zero-order valence-electron chi connectivity index (χ0n) is 22.6. The summed E-state index contributed by atoms with van der Waals surface area (Å²) in [5.41, 5.74) is 0. The molecule has 0 bridgehead atoms. The molecule has 2 aromatic rings. The van der Waals surface area contributed by atoms with Crippen LogP contribution in [0.25, 0.3) is 0 Å². The summed E-state index contributed by atoms with van der Waals surface area (Å²) in [6.45, 7) is 9.75. The standard InChI is InChI=1S/C28H36O9Si/c1-18(29)34-24-23(37-27(32)26(36-20(3)31)25(24)35-19(2)30)17-33-38(28(4,5)6,21-13-9-7-10-14-21)22-15-11-8-12-16-22/h7-16,23-27,32H,17H2,1-6H3/t23-,24-,25-,26+,27-/m0/s1. The topological polar surface area (TPSA) is 118 Å². The van der Waals surface area contributed by atoms with Crippen LogP contribution in [0.1, 0.15) is 41.5 Å². The molecule has 1 aliphatic rings. The molecule has 5 atom stereocenters. The third-order valence-corrected chi connectivity index (χ3v) is 11.4. The zero-order chi connectivity index (χ0) is 28.1. The van der Waals surface area contributed by atoms with Crippen LogP contribution < -0.4 is 10.4 Å². The predicted octanol–water partition coefficient (Wildman–Crippen LogP) is 2.08. The average molecular weight is 545 g/mol. The van der Waals surface area contributed by atoms with E-state index in [0.29, 0.717) is 0 Å². The molecule has 10 heteroatoms. The quantitative estimate of drug-likeness (QED) is 0.303. The van der Waals surface area contributed by atoms with Crippen LogP contribution >= 0.6 is 0 Å². The molecule has 1 N–H and O–H groups in total. The van der Waals surface area contributed by atoms with Gasteiger partial charge in [0.2, 0.25) is 0 Å². The lowest BCUT2D eigenvalue weighted by Gasteiger charge is -2.46. The number of ether oxygens (including phenoxy) is 4. The first-order valence-corrected chi connectivity index (χ1v) is 14.4. The van der Waals surface area contributed by atoms with E-state index in [1.54, 1.807) is 0 Å². The van der Waals surface area contributed by atoms with E-state index in [4.69, 9.17) is 23.4 Å². The fourth-order valence-electron chi connectivity index (χ4n) is 4.97. The molecule has 1 aliphatic heterocycles. The van der Waals surface area contributed by atoms with Crippen molar-refractivity contribution in [2.75, 3.05) is 6.61 Å². The Bertz CT molecular complexity index is 1060. The molecule has 38 heavy (non-hydrogen) atoms. The van der Waals surface area contributed by atoms with Gasteiger partial charge in [-0.2, -0.15) is 0 Å². The van der Waals surface area contributed by atoms with Crippen LogP contribution in [0.5, 0.6) is 0 Å². The van der Waals surface area contributed by atoms with Gasteiger partial charge < -0.3 is 28.5 Å². The molecule has 0 saturated carbocycles. The highest BCUT2D eigenvalue weighted by Gasteiger charge is 2.54. The second-order valence-corrected chi connectivity index (χ2v) is 14.6. The summed E-state index contributed by atoms with van der Waals surface area (Å²) in [5.74, 6) is -2.09. The summed E-state index contributed by atoms with van der Waals surface area (Å²) in [7, 11) is -3.02. The highest BCUT2D eigenvalue weighted by atomic mass is 28.4. The Morgan fingerprint density at radius 1 is 0.763 bits per heavy atom. The lowest BCUT2D eigenvalue weighted by Crippen LogP contribution is -2.68. The van der Waals surface area contributed by atoms with Crippen LogP contribution in [0, 0.1) is 0 Å². The van der Waals surface area contributed by atoms with E-state index in [9.17, 15) is 19.5 Å². The van der Waals surface area contributed by atoms with Gasteiger partial charge in [0.1, 0.15) is 6.10 Å². The molecule has 3 rings (SSSR count). The summed E-state index contributed by atoms with van der Waals surface area (Å²) in [6, 6.07) is 19.8. The Kier molecular flexibility index (Phi) is 9.48. The minimum Gasteiger partial charge on any atom is -0.456 e. The number of hydrogen-bond donors (Lipinski definition) is 1. The highest BCUT2D eigenvalue weighted by Crippen LogP contribution is 2.38. The van der Waals surface area contributed by atoms with Crippen molar-refractivity contribution < 1.29 is 42.9 Å². The van der Waals surface area contributed by atoms with Gasteiger partial charge in [0.15, 0.2) is 24.6 Å². The highest BCUT2D eigenvalue weighted by molar-refractivity contribution is 6.99. The van der Waals surface area contributed by atoms with Crippen molar-refractivity contribution in [2.24, 2.45) is 0 Å². The van der Waals surface area contributed by atoms with Crippen molar-refractivity contribution in [2.45, 2.75) is 77.3 Å². The monoisotopic (exact) mass is 544 g/mol. The SMILES string of the molecule is CC(=O)O[C@H]1[C@@H](OC(C)=O)[C@H](CO[Si](c2ccccc2)(c2ccccc2)C(C)(C)C)O[C@H](O)[C@@H]1OC(C)=O. The maximum Gasteiger partial charge on any atom is 0.303 e. The van der Waals surface area contributed by atoms with E-state index in [0.717, 1.165) is 17.3 Å². The average Bonchev–Trinajstić information content (AvgIpc) is 2.83. The molecule has 0 spiro atoms. The lowest BCUT2D eigenvalue weighted by atomic mass is 9.98. The van der Waals surface area contributed by atoms with Gasteiger partial charge in [0, 0.05) is 20.8 Å². The van der Waals surface area contributed by atoms with Crippen molar-refractivity contribution in [3.63, 3.8) is 0 Å². The van der Waals surface area contributed by atoms with Crippen molar-refractivity contribution in [3.05, 3.63) is 60.7 Å². The minimum atomic E-state index is -3.02. The van der Waals surface area contributed by atoms with Gasteiger partial charge in [-0.05, 0) is 15.4 Å². The summed E-state index contributed by atoms with van der Waals surface area (Å²) >= 11 is 0. The van der Waals surface area contributed by atoms with Crippen LogP contribution in [0.15, 0.2) is 60.7 Å². The molecule has 9 nitrogen and oxygen atoms in total. The van der Waals surface area contributed by atoms with Crippen molar-refractivity contribution in [1.82, 2.24) is 0 Å². The Morgan fingerprint density at radius 2 is 1.18 bits per heavy atom. The summed E-state index contributed by atoms with van der Waals surface area (Å²) in [4.78, 5) is 35.8. The normalized spacial score (nSPS) is 23.8. The van der Waals surface area contributed by atoms with Gasteiger partial charge in [-0.15, -0.1) is 0 Å². The Morgan fingerprint density at radius 3 is 1.61 bits per heavy atom. The van der Waals surface area contributed by atoms with Crippen LogP contribution in [0.4, 0.5) is 0 Å². The number of rotatable bonds is 8. The van der Waals surface area contributed by atoms with E-state index in [2.05, 4.69) is 20.8 Å². The van der Waals surface area contributed by atoms with Crippen molar-refractivity contribution in [1.29, 1.82) is 0 Å². The number of hydrogen-bond acceptors (Lipinski definition) is 9. The first-order chi connectivity index (χ1) is 17.9. The number of aliphatic hydroxyl groups excluding tert-OH is 1. The molecule has 2 aromatic carbocycles. The van der Waals surface area contributed by atoms with Gasteiger partial charge in [0.05, 0.1) is 6.61 Å².